The molecule has 1 aromatic carbocycles. The third-order valence-corrected chi connectivity index (χ3v) is 6.05. The molecule has 3 rings (SSSR count). The molecule has 24 heavy (non-hydrogen) atoms. The van der Waals surface area contributed by atoms with Crippen LogP contribution in [-0.2, 0) is 4.79 Å². The fourth-order valence-corrected chi connectivity index (χ4v) is 4.69. The first-order chi connectivity index (χ1) is 11.1. The van der Waals surface area contributed by atoms with Gasteiger partial charge in [0.2, 0.25) is 5.91 Å². The second kappa shape index (κ2) is 8.35. The van der Waals surface area contributed by atoms with Crippen LogP contribution < -0.4 is 5.73 Å². The van der Waals surface area contributed by atoms with Gasteiger partial charge < -0.3 is 10.6 Å². The number of benzene rings is 1. The lowest BCUT2D eigenvalue weighted by molar-refractivity contribution is -0.137. The third kappa shape index (κ3) is 4.12. The van der Waals surface area contributed by atoms with E-state index in [1.54, 1.807) is 0 Å². The van der Waals surface area contributed by atoms with Crippen LogP contribution in [0.25, 0.3) is 0 Å². The lowest BCUT2D eigenvalue weighted by Gasteiger charge is -2.44. The molecule has 4 heteroatoms. The van der Waals surface area contributed by atoms with Crippen molar-refractivity contribution in [2.75, 3.05) is 13.6 Å². The Labute approximate surface area is 152 Å². The van der Waals surface area contributed by atoms with E-state index in [2.05, 4.69) is 31.2 Å². The van der Waals surface area contributed by atoms with Crippen LogP contribution in [0.15, 0.2) is 30.3 Å². The summed E-state index contributed by atoms with van der Waals surface area (Å²) >= 11 is 0. The molecular weight excluding hydrogens is 320 g/mol. The molecule has 1 amide bonds. The number of carbonyl (C=O) groups excluding carboxylic acids is 1. The van der Waals surface area contributed by atoms with E-state index in [1.165, 1.54) is 24.8 Å². The molecule has 2 aliphatic rings. The van der Waals surface area contributed by atoms with E-state index < -0.39 is 0 Å². The fraction of sp³-hybridized carbons (Fsp3) is 0.650. The molecule has 2 N–H and O–H groups in total. The molecule has 3 unspecified atom stereocenters. The molecule has 2 saturated carbocycles. The summed E-state index contributed by atoms with van der Waals surface area (Å²) in [7, 11) is 1.96. The number of carbonyl (C=O) groups is 1. The molecule has 0 radical (unpaired) electrons. The molecule has 2 aliphatic carbocycles. The van der Waals surface area contributed by atoms with Crippen LogP contribution >= 0.6 is 12.4 Å². The van der Waals surface area contributed by atoms with Gasteiger partial charge in [0.15, 0.2) is 0 Å². The van der Waals surface area contributed by atoms with Crippen LogP contribution in [0.1, 0.15) is 50.5 Å². The van der Waals surface area contributed by atoms with Gasteiger partial charge in [0.1, 0.15) is 0 Å². The normalized spacial score (nSPS) is 30.1. The molecule has 134 valence electrons. The fourth-order valence-electron chi connectivity index (χ4n) is 4.69. The number of nitrogens with zero attached hydrogens (tertiary/aromatic N) is 1. The average molecular weight is 351 g/mol. The van der Waals surface area contributed by atoms with Gasteiger partial charge in [0, 0.05) is 25.6 Å². The van der Waals surface area contributed by atoms with E-state index in [0.29, 0.717) is 29.7 Å². The maximum Gasteiger partial charge on any atom is 0.225 e. The number of hydrogen-bond donors (Lipinski definition) is 1. The van der Waals surface area contributed by atoms with Crippen LogP contribution in [0.4, 0.5) is 0 Å². The summed E-state index contributed by atoms with van der Waals surface area (Å²) < 4.78 is 0. The molecule has 0 aliphatic heterocycles. The standard InChI is InChI=1S/C20H30N2O.ClH/c1-14(15-7-4-3-5-8-15)13-22(2)20(23)18-11-16-9-6-10-17(12-18)19(16)21;/h3-5,7-8,14,16-19H,6,9-13,21H2,1-2H3;1H. The summed E-state index contributed by atoms with van der Waals surface area (Å²) in [5, 5.41) is 0. The van der Waals surface area contributed by atoms with Gasteiger partial charge in [0.25, 0.3) is 0 Å². The van der Waals surface area contributed by atoms with Crippen LogP contribution in [-0.4, -0.2) is 30.4 Å². The number of likely N-dealkylation sites (N-methyl/N-ethyl adjacent to an activating group) is 1. The summed E-state index contributed by atoms with van der Waals surface area (Å²) in [6.45, 7) is 2.99. The van der Waals surface area contributed by atoms with E-state index >= 15 is 0 Å². The molecular formula is C20H31ClN2O. The van der Waals surface area contributed by atoms with E-state index in [-0.39, 0.29) is 18.3 Å². The van der Waals surface area contributed by atoms with E-state index in [0.717, 1.165) is 19.4 Å². The Kier molecular flexibility index (Phi) is 6.70. The monoisotopic (exact) mass is 350 g/mol. The summed E-state index contributed by atoms with van der Waals surface area (Å²) in [6, 6.07) is 10.8. The maximum absolute atomic E-state index is 12.9. The van der Waals surface area contributed by atoms with Crippen LogP contribution in [0.2, 0.25) is 0 Å². The van der Waals surface area contributed by atoms with Crippen molar-refractivity contribution in [1.82, 2.24) is 4.90 Å². The minimum absolute atomic E-state index is 0. The Morgan fingerprint density at radius 3 is 2.38 bits per heavy atom. The lowest BCUT2D eigenvalue weighted by atomic mass is 9.65. The van der Waals surface area contributed by atoms with Crippen molar-refractivity contribution in [3.05, 3.63) is 35.9 Å². The second-order valence-corrected chi connectivity index (χ2v) is 7.73. The van der Waals surface area contributed by atoms with Crippen molar-refractivity contribution < 1.29 is 4.79 Å². The number of rotatable bonds is 4. The van der Waals surface area contributed by atoms with Gasteiger partial charge in [-0.25, -0.2) is 0 Å². The zero-order valence-corrected chi connectivity index (χ0v) is 15.7. The summed E-state index contributed by atoms with van der Waals surface area (Å²) in [5.41, 5.74) is 7.66. The topological polar surface area (TPSA) is 46.3 Å². The van der Waals surface area contributed by atoms with Crippen molar-refractivity contribution >= 4 is 18.3 Å². The van der Waals surface area contributed by atoms with Crippen molar-refractivity contribution in [3.63, 3.8) is 0 Å². The Morgan fingerprint density at radius 1 is 1.21 bits per heavy atom. The predicted molar refractivity (Wildman–Crippen MR) is 101 cm³/mol. The Morgan fingerprint density at radius 2 is 1.79 bits per heavy atom. The highest BCUT2D eigenvalue weighted by atomic mass is 35.5. The molecule has 0 heterocycles. The molecule has 2 bridgehead atoms. The van der Waals surface area contributed by atoms with Crippen LogP contribution in [0.3, 0.4) is 0 Å². The molecule has 0 saturated heterocycles. The Bertz CT molecular complexity index is 522. The van der Waals surface area contributed by atoms with Crippen molar-refractivity contribution in [1.29, 1.82) is 0 Å². The highest BCUT2D eigenvalue weighted by molar-refractivity contribution is 5.85. The van der Waals surface area contributed by atoms with Gasteiger partial charge in [-0.2, -0.15) is 0 Å². The van der Waals surface area contributed by atoms with Crippen molar-refractivity contribution in [2.45, 2.75) is 51.0 Å². The number of nitrogens with two attached hydrogens (primary N) is 1. The zero-order valence-electron chi connectivity index (χ0n) is 14.9. The average Bonchev–Trinajstić information content (AvgIpc) is 2.54. The number of hydrogen-bond acceptors (Lipinski definition) is 2. The van der Waals surface area contributed by atoms with Gasteiger partial charge in [0.05, 0.1) is 0 Å². The first-order valence-corrected chi connectivity index (χ1v) is 9.11. The predicted octanol–water partition coefficient (Wildman–Crippen LogP) is 3.82. The zero-order chi connectivity index (χ0) is 16.4. The number of amides is 1. The van der Waals surface area contributed by atoms with Crippen molar-refractivity contribution in [2.24, 2.45) is 23.5 Å². The SMILES string of the molecule is CC(CN(C)C(=O)C1CC2CCCC(C1)C2N)c1ccccc1.Cl. The smallest absolute Gasteiger partial charge is 0.225 e. The molecule has 0 aromatic heterocycles. The summed E-state index contributed by atoms with van der Waals surface area (Å²) in [6.07, 6.45) is 5.73. The minimum Gasteiger partial charge on any atom is -0.345 e. The Hall–Kier alpha value is -1.06. The maximum atomic E-state index is 12.9. The molecule has 0 spiro atoms. The van der Waals surface area contributed by atoms with Gasteiger partial charge >= 0.3 is 0 Å². The minimum atomic E-state index is 0. The van der Waals surface area contributed by atoms with Gasteiger partial charge in [-0.3, -0.25) is 4.79 Å². The van der Waals surface area contributed by atoms with Crippen molar-refractivity contribution in [3.8, 4) is 0 Å². The quantitative estimate of drug-likeness (QED) is 0.897. The molecule has 3 atom stereocenters. The van der Waals surface area contributed by atoms with Gasteiger partial charge in [-0.15, -0.1) is 12.4 Å². The number of fused-ring (bicyclic) bond motifs is 2. The first-order valence-electron chi connectivity index (χ1n) is 9.11. The second-order valence-electron chi connectivity index (χ2n) is 7.73. The van der Waals surface area contributed by atoms with E-state index in [9.17, 15) is 4.79 Å². The van der Waals surface area contributed by atoms with Gasteiger partial charge in [-0.05, 0) is 49.0 Å². The number of halogens is 1. The molecule has 3 nitrogen and oxygen atoms in total. The largest absolute Gasteiger partial charge is 0.345 e. The highest BCUT2D eigenvalue weighted by Gasteiger charge is 2.41. The van der Waals surface area contributed by atoms with Crippen LogP contribution in [0.5, 0.6) is 0 Å². The summed E-state index contributed by atoms with van der Waals surface area (Å²) in [5.74, 6) is 2.03. The van der Waals surface area contributed by atoms with Gasteiger partial charge in [-0.1, -0.05) is 43.7 Å². The first kappa shape index (κ1) is 19.3. The summed E-state index contributed by atoms with van der Waals surface area (Å²) in [4.78, 5) is 14.8. The van der Waals surface area contributed by atoms with E-state index in [1.807, 2.05) is 18.0 Å². The van der Waals surface area contributed by atoms with Crippen LogP contribution in [0, 0.1) is 17.8 Å². The molecule has 1 aromatic rings. The van der Waals surface area contributed by atoms with E-state index in [4.69, 9.17) is 5.73 Å². The Balaban J connectivity index is 0.00000208. The molecule has 2 fully saturated rings. The third-order valence-electron chi connectivity index (χ3n) is 6.05. The highest BCUT2D eigenvalue weighted by Crippen LogP contribution is 2.42. The lowest BCUT2D eigenvalue weighted by Crippen LogP contribution is -2.49.